The van der Waals surface area contributed by atoms with Gasteiger partial charge in [0.05, 0.1) is 19.0 Å². The highest BCUT2D eigenvalue weighted by molar-refractivity contribution is 7.99. The first-order valence-electron chi connectivity index (χ1n) is 8.09. The van der Waals surface area contributed by atoms with E-state index < -0.39 is 18.1 Å². The van der Waals surface area contributed by atoms with E-state index in [1.54, 1.807) is 16.7 Å². The van der Waals surface area contributed by atoms with Crippen LogP contribution in [0.4, 0.5) is 0 Å². The summed E-state index contributed by atoms with van der Waals surface area (Å²) in [5, 5.41) is 9.06. The maximum atomic E-state index is 12.8. The van der Waals surface area contributed by atoms with E-state index >= 15 is 0 Å². The van der Waals surface area contributed by atoms with E-state index in [0.29, 0.717) is 18.2 Å². The van der Waals surface area contributed by atoms with Gasteiger partial charge in [-0.1, -0.05) is 12.8 Å². The summed E-state index contributed by atoms with van der Waals surface area (Å²) >= 11 is 1.59. The highest BCUT2D eigenvalue weighted by Crippen LogP contribution is 2.31. The van der Waals surface area contributed by atoms with Crippen LogP contribution in [-0.2, 0) is 19.1 Å². The number of hydrogen-bond donors (Lipinski definition) is 1. The molecule has 3 aliphatic rings. The third-order valence-corrected chi connectivity index (χ3v) is 5.82. The van der Waals surface area contributed by atoms with Crippen LogP contribution in [0.2, 0.25) is 0 Å². The number of carbonyl (C=O) groups excluding carboxylic acids is 2. The lowest BCUT2D eigenvalue weighted by atomic mass is 10.1. The molecule has 1 saturated carbocycles. The van der Waals surface area contributed by atoms with E-state index in [2.05, 4.69) is 0 Å². The zero-order chi connectivity index (χ0) is 16.4. The van der Waals surface area contributed by atoms with Crippen LogP contribution in [0, 0.1) is 5.92 Å². The molecule has 2 unspecified atom stereocenters. The zero-order valence-corrected chi connectivity index (χ0v) is 13.8. The van der Waals surface area contributed by atoms with Crippen molar-refractivity contribution < 1.29 is 24.2 Å². The minimum absolute atomic E-state index is 0.0560. The first-order chi connectivity index (χ1) is 11.1. The van der Waals surface area contributed by atoms with E-state index in [-0.39, 0.29) is 30.9 Å². The molecule has 2 saturated heterocycles. The van der Waals surface area contributed by atoms with Gasteiger partial charge in [0, 0.05) is 18.2 Å². The molecule has 0 bridgehead atoms. The fourth-order valence-electron chi connectivity index (χ4n) is 3.48. The van der Waals surface area contributed by atoms with Crippen LogP contribution in [-0.4, -0.2) is 76.2 Å². The second kappa shape index (κ2) is 7.09. The van der Waals surface area contributed by atoms with E-state index in [1.165, 1.54) is 4.90 Å². The molecule has 2 aliphatic heterocycles. The Bertz CT molecular complexity index is 494. The number of carbonyl (C=O) groups is 3. The second-order valence-corrected chi connectivity index (χ2v) is 7.29. The van der Waals surface area contributed by atoms with E-state index in [1.807, 2.05) is 0 Å². The number of morpholine rings is 1. The number of hydrogen-bond acceptors (Lipinski definition) is 5. The summed E-state index contributed by atoms with van der Waals surface area (Å²) in [4.78, 5) is 39.7. The molecule has 2 heterocycles. The molecule has 0 spiro atoms. The lowest BCUT2D eigenvalue weighted by Crippen LogP contribution is -2.55. The second-order valence-electron chi connectivity index (χ2n) is 6.29. The summed E-state index contributed by atoms with van der Waals surface area (Å²) in [6.07, 6.45) is 3.03. The van der Waals surface area contributed by atoms with Crippen molar-refractivity contribution in [3.05, 3.63) is 0 Å². The van der Waals surface area contributed by atoms with Crippen molar-refractivity contribution in [2.24, 2.45) is 5.92 Å². The number of amides is 2. The van der Waals surface area contributed by atoms with Gasteiger partial charge in [0.1, 0.15) is 6.04 Å². The van der Waals surface area contributed by atoms with E-state index in [9.17, 15) is 14.4 Å². The number of carboxylic acids is 1. The maximum absolute atomic E-state index is 12.8. The third-order valence-electron chi connectivity index (χ3n) is 4.81. The van der Waals surface area contributed by atoms with E-state index in [0.717, 1.165) is 25.7 Å². The predicted octanol–water partition coefficient (Wildman–Crippen LogP) is 0.390. The van der Waals surface area contributed by atoms with Gasteiger partial charge in [0.25, 0.3) is 0 Å². The Hall–Kier alpha value is -1.28. The van der Waals surface area contributed by atoms with Crippen LogP contribution in [0.3, 0.4) is 0 Å². The molecular weight excluding hydrogens is 320 g/mol. The van der Waals surface area contributed by atoms with Crippen LogP contribution in [0.5, 0.6) is 0 Å². The SMILES string of the molecule is O=C(O)C1CN(C(=O)C2CSCN2C(=O)C2CCCC2)CCO1. The molecule has 2 atom stereocenters. The molecule has 3 rings (SSSR count). The van der Waals surface area contributed by atoms with Gasteiger partial charge in [0.2, 0.25) is 11.8 Å². The quantitative estimate of drug-likeness (QED) is 0.798. The van der Waals surface area contributed by atoms with Gasteiger partial charge < -0.3 is 19.6 Å². The van der Waals surface area contributed by atoms with Gasteiger partial charge >= 0.3 is 5.97 Å². The number of rotatable bonds is 3. The molecule has 23 heavy (non-hydrogen) atoms. The average molecular weight is 342 g/mol. The largest absolute Gasteiger partial charge is 0.479 e. The Kier molecular flexibility index (Phi) is 5.11. The molecule has 2 amide bonds. The lowest BCUT2D eigenvalue weighted by molar-refractivity contribution is -0.161. The number of carboxylic acid groups (broad SMARTS) is 1. The van der Waals surface area contributed by atoms with Crippen molar-refractivity contribution in [2.75, 3.05) is 31.3 Å². The summed E-state index contributed by atoms with van der Waals surface area (Å²) in [5.74, 6) is 0.0950. The van der Waals surface area contributed by atoms with Gasteiger partial charge in [-0.05, 0) is 12.8 Å². The van der Waals surface area contributed by atoms with Gasteiger partial charge in [-0.15, -0.1) is 11.8 Å². The topological polar surface area (TPSA) is 87.2 Å². The Morgan fingerprint density at radius 2 is 1.87 bits per heavy atom. The van der Waals surface area contributed by atoms with Gasteiger partial charge in [-0.3, -0.25) is 9.59 Å². The first kappa shape index (κ1) is 16.6. The molecule has 0 aromatic heterocycles. The average Bonchev–Trinajstić information content (AvgIpc) is 3.25. The molecule has 0 aromatic rings. The third kappa shape index (κ3) is 3.47. The molecule has 1 N–H and O–H groups in total. The van der Waals surface area contributed by atoms with Gasteiger partial charge in [-0.2, -0.15) is 0 Å². The monoisotopic (exact) mass is 342 g/mol. The molecule has 0 aromatic carbocycles. The molecule has 0 radical (unpaired) electrons. The van der Waals surface area contributed by atoms with Crippen molar-refractivity contribution in [1.82, 2.24) is 9.80 Å². The van der Waals surface area contributed by atoms with Crippen molar-refractivity contribution >= 4 is 29.5 Å². The lowest BCUT2D eigenvalue weighted by Gasteiger charge is -2.35. The summed E-state index contributed by atoms with van der Waals surface area (Å²) < 4.78 is 5.16. The molecule has 1 aliphatic carbocycles. The Morgan fingerprint density at radius 1 is 1.13 bits per heavy atom. The molecule has 3 fully saturated rings. The standard InChI is InChI=1S/C15H22N2O5S/c18-13(10-3-1-2-4-10)17-9-23-8-11(17)14(19)16-5-6-22-12(7-16)15(20)21/h10-12H,1-9H2,(H,20,21). The number of thioether (sulfide) groups is 1. The van der Waals surface area contributed by atoms with Gasteiger partial charge in [-0.25, -0.2) is 4.79 Å². The number of aliphatic carboxylic acids is 1. The smallest absolute Gasteiger partial charge is 0.334 e. The fourth-order valence-corrected chi connectivity index (χ4v) is 4.64. The predicted molar refractivity (Wildman–Crippen MR) is 83.9 cm³/mol. The molecule has 128 valence electrons. The van der Waals surface area contributed by atoms with E-state index in [4.69, 9.17) is 9.84 Å². The number of ether oxygens (including phenoxy) is 1. The van der Waals surface area contributed by atoms with Crippen molar-refractivity contribution in [3.8, 4) is 0 Å². The minimum Gasteiger partial charge on any atom is -0.479 e. The van der Waals surface area contributed by atoms with Crippen LogP contribution in [0.15, 0.2) is 0 Å². The minimum atomic E-state index is -1.05. The van der Waals surface area contributed by atoms with Gasteiger partial charge in [0.15, 0.2) is 6.10 Å². The van der Waals surface area contributed by atoms with Crippen LogP contribution in [0.1, 0.15) is 25.7 Å². The molecule has 8 heteroatoms. The summed E-state index contributed by atoms with van der Waals surface area (Å²) in [5.41, 5.74) is 0. The highest BCUT2D eigenvalue weighted by Gasteiger charge is 2.41. The maximum Gasteiger partial charge on any atom is 0.334 e. The first-order valence-corrected chi connectivity index (χ1v) is 9.25. The summed E-state index contributed by atoms with van der Waals surface area (Å²) in [6.45, 7) is 0.662. The van der Waals surface area contributed by atoms with Crippen molar-refractivity contribution in [2.45, 2.75) is 37.8 Å². The van der Waals surface area contributed by atoms with Crippen molar-refractivity contribution in [3.63, 3.8) is 0 Å². The Morgan fingerprint density at radius 3 is 2.57 bits per heavy atom. The van der Waals surface area contributed by atoms with Crippen LogP contribution < -0.4 is 0 Å². The van der Waals surface area contributed by atoms with Crippen LogP contribution >= 0.6 is 11.8 Å². The number of nitrogens with zero attached hydrogens (tertiary/aromatic N) is 2. The Labute approximate surface area is 139 Å². The van der Waals surface area contributed by atoms with Crippen LogP contribution in [0.25, 0.3) is 0 Å². The fraction of sp³-hybridized carbons (Fsp3) is 0.800. The summed E-state index contributed by atoms with van der Waals surface area (Å²) in [7, 11) is 0. The molecule has 7 nitrogen and oxygen atoms in total. The zero-order valence-electron chi connectivity index (χ0n) is 13.0. The van der Waals surface area contributed by atoms with Crippen molar-refractivity contribution in [1.29, 1.82) is 0 Å². The highest BCUT2D eigenvalue weighted by atomic mass is 32.2. The Balaban J connectivity index is 1.65. The summed E-state index contributed by atoms with van der Waals surface area (Å²) in [6, 6.07) is -0.458. The molecular formula is C15H22N2O5S. The normalized spacial score (nSPS) is 29.0.